The van der Waals surface area contributed by atoms with Gasteiger partial charge in [0.15, 0.2) is 0 Å². The second-order valence-corrected chi connectivity index (χ2v) is 9.95. The number of ether oxygens (including phenoxy) is 1. The molecule has 8 heteroatoms. The minimum absolute atomic E-state index is 0.0924. The molecule has 1 amide bonds. The fourth-order valence-corrected chi connectivity index (χ4v) is 4.88. The lowest BCUT2D eigenvalue weighted by Crippen LogP contribution is -2.44. The molecule has 0 bridgehead atoms. The summed E-state index contributed by atoms with van der Waals surface area (Å²) in [5.74, 6) is 1.72. The zero-order chi connectivity index (χ0) is 25.9. The van der Waals surface area contributed by atoms with Gasteiger partial charge in [0.05, 0.1) is 22.6 Å². The molecule has 1 aliphatic heterocycles. The van der Waals surface area contributed by atoms with Gasteiger partial charge in [-0.25, -0.2) is 4.98 Å². The van der Waals surface area contributed by atoms with Crippen LogP contribution < -0.4 is 15.8 Å². The Morgan fingerprint density at radius 2 is 1.86 bits per heavy atom. The van der Waals surface area contributed by atoms with Crippen LogP contribution in [0, 0.1) is 0 Å². The van der Waals surface area contributed by atoms with Crippen molar-refractivity contribution >= 4 is 22.7 Å². The molecule has 2 heterocycles. The summed E-state index contributed by atoms with van der Waals surface area (Å²) in [5, 5.41) is 3.02. The Morgan fingerprint density at radius 3 is 2.50 bits per heavy atom. The fourth-order valence-electron chi connectivity index (χ4n) is 4.88. The minimum atomic E-state index is -0.770. The van der Waals surface area contributed by atoms with E-state index in [1.165, 1.54) is 0 Å². The molecule has 3 N–H and O–H groups in total. The molecule has 0 radical (unpaired) electrons. The molecular formula is C28H37N5O3. The van der Waals surface area contributed by atoms with Crippen LogP contribution in [0.1, 0.15) is 62.6 Å². The lowest BCUT2D eigenvalue weighted by Gasteiger charge is -2.33. The van der Waals surface area contributed by atoms with E-state index in [4.69, 9.17) is 15.5 Å². The highest BCUT2D eigenvalue weighted by molar-refractivity contribution is 5.90. The third-order valence-corrected chi connectivity index (χ3v) is 7.37. The molecule has 0 saturated carbocycles. The van der Waals surface area contributed by atoms with Crippen molar-refractivity contribution in [1.82, 2.24) is 19.8 Å². The van der Waals surface area contributed by atoms with E-state index in [0.717, 1.165) is 59.7 Å². The lowest BCUT2D eigenvalue weighted by molar-refractivity contribution is -0.136. The summed E-state index contributed by atoms with van der Waals surface area (Å²) in [7, 11) is 3.79. The number of aryl methyl sites for hydroxylation is 1. The summed E-state index contributed by atoms with van der Waals surface area (Å²) in [6, 6.07) is 13.7. The number of benzene rings is 2. The summed E-state index contributed by atoms with van der Waals surface area (Å²) in [5.41, 5.74) is 8.89. The van der Waals surface area contributed by atoms with Gasteiger partial charge in [0.25, 0.3) is 0 Å². The predicted molar refractivity (Wildman–Crippen MR) is 141 cm³/mol. The van der Waals surface area contributed by atoms with Gasteiger partial charge in [-0.05, 0) is 75.5 Å². The number of hydrogen-bond acceptors (Lipinski definition) is 6. The number of ketones is 1. The maximum Gasteiger partial charge on any atom is 0.232 e. The van der Waals surface area contributed by atoms with Crippen molar-refractivity contribution in [3.63, 3.8) is 0 Å². The molecule has 1 saturated heterocycles. The van der Waals surface area contributed by atoms with Crippen molar-refractivity contribution in [2.45, 2.75) is 57.7 Å². The second kappa shape index (κ2) is 10.8. The van der Waals surface area contributed by atoms with Crippen LogP contribution in [0.15, 0.2) is 42.5 Å². The van der Waals surface area contributed by atoms with Crippen molar-refractivity contribution < 1.29 is 14.3 Å². The first-order valence-corrected chi connectivity index (χ1v) is 12.6. The Kier molecular flexibility index (Phi) is 7.76. The quantitative estimate of drug-likeness (QED) is 0.420. The number of amides is 1. The molecule has 1 aromatic heterocycles. The highest BCUT2D eigenvalue weighted by Crippen LogP contribution is 2.34. The first kappa shape index (κ1) is 25.9. The predicted octanol–water partition coefficient (Wildman–Crippen LogP) is 3.58. The summed E-state index contributed by atoms with van der Waals surface area (Å²) >= 11 is 0. The number of carbonyl (C=O) groups is 2. The number of imidazole rings is 1. The molecule has 3 aromatic rings. The highest BCUT2D eigenvalue weighted by atomic mass is 16.5. The van der Waals surface area contributed by atoms with Crippen molar-refractivity contribution in [1.29, 1.82) is 0 Å². The molecule has 192 valence electrons. The average molecular weight is 492 g/mol. The topological polar surface area (TPSA) is 102 Å². The van der Waals surface area contributed by atoms with Gasteiger partial charge in [-0.3, -0.25) is 4.79 Å². The van der Waals surface area contributed by atoms with Crippen molar-refractivity contribution in [2.75, 3.05) is 20.1 Å². The summed E-state index contributed by atoms with van der Waals surface area (Å²) in [6.45, 7) is 5.42. The maximum atomic E-state index is 13.6. The van der Waals surface area contributed by atoms with Crippen LogP contribution >= 0.6 is 0 Å². The van der Waals surface area contributed by atoms with Gasteiger partial charge in [0.2, 0.25) is 5.91 Å². The third kappa shape index (κ3) is 5.29. The van der Waals surface area contributed by atoms with Gasteiger partial charge < -0.3 is 30.0 Å². The molecular weight excluding hydrogens is 454 g/mol. The summed E-state index contributed by atoms with van der Waals surface area (Å²) in [6.07, 6.45) is 2.70. The van der Waals surface area contributed by atoms with E-state index in [9.17, 15) is 9.59 Å². The zero-order valence-corrected chi connectivity index (χ0v) is 21.7. The molecule has 8 nitrogen and oxygen atoms in total. The third-order valence-electron chi connectivity index (χ3n) is 7.37. The first-order valence-electron chi connectivity index (χ1n) is 12.6. The molecule has 1 fully saturated rings. The number of carbonyl (C=O) groups excluding carboxylic acids is 2. The lowest BCUT2D eigenvalue weighted by atomic mass is 9.76. The normalized spacial score (nSPS) is 16.2. The van der Waals surface area contributed by atoms with Crippen molar-refractivity contribution in [3.8, 4) is 5.75 Å². The van der Waals surface area contributed by atoms with Gasteiger partial charge in [0, 0.05) is 26.6 Å². The molecule has 2 atom stereocenters. The standard InChI is InChI=1S/C28H37N5O3/c1-19(34)13-14-28(2,27(35)33-15-5-6-16-33)21-9-12-24-23(17-21)31-25(32(24)4)18-36-22-10-7-20(8-11-22)26(29)30-3/h7-12,17,26,30H,5-6,13-16,18,29H2,1-4H3. The molecule has 36 heavy (non-hydrogen) atoms. The number of nitrogens with two attached hydrogens (primary N) is 1. The first-order chi connectivity index (χ1) is 17.2. The number of rotatable bonds is 10. The number of hydrogen-bond donors (Lipinski definition) is 2. The van der Waals surface area contributed by atoms with Crippen LogP contribution in [-0.2, 0) is 28.7 Å². The van der Waals surface area contributed by atoms with E-state index in [-0.39, 0.29) is 17.9 Å². The van der Waals surface area contributed by atoms with Crippen LogP contribution in [0.5, 0.6) is 5.75 Å². The van der Waals surface area contributed by atoms with Crippen LogP contribution in [-0.4, -0.2) is 46.3 Å². The Labute approximate surface area is 212 Å². The average Bonchev–Trinajstić information content (AvgIpc) is 3.53. The Balaban J connectivity index is 1.57. The van der Waals surface area contributed by atoms with E-state index in [2.05, 4.69) is 5.32 Å². The molecule has 4 rings (SSSR count). The molecule has 1 aliphatic rings. The molecule has 2 unspecified atom stereocenters. The SMILES string of the molecule is CNC(N)c1ccc(OCc2nc3cc(C(C)(CCC(C)=O)C(=O)N4CCCC4)ccc3n2C)cc1. The molecule has 0 spiro atoms. The number of Topliss-reactive ketones (excluding diaryl/α,β-unsaturated/α-hetero) is 1. The van der Waals surface area contributed by atoms with Gasteiger partial charge in [-0.15, -0.1) is 0 Å². The molecule has 2 aromatic carbocycles. The van der Waals surface area contributed by atoms with Crippen LogP contribution in [0.25, 0.3) is 11.0 Å². The van der Waals surface area contributed by atoms with Crippen LogP contribution in [0.3, 0.4) is 0 Å². The van der Waals surface area contributed by atoms with E-state index in [1.807, 2.05) is 73.0 Å². The monoisotopic (exact) mass is 491 g/mol. The Bertz CT molecular complexity index is 1230. The molecule has 0 aliphatic carbocycles. The summed E-state index contributed by atoms with van der Waals surface area (Å²) in [4.78, 5) is 32.2. The highest BCUT2D eigenvalue weighted by Gasteiger charge is 2.39. The minimum Gasteiger partial charge on any atom is -0.486 e. The van der Waals surface area contributed by atoms with E-state index in [1.54, 1.807) is 6.92 Å². The smallest absolute Gasteiger partial charge is 0.232 e. The van der Waals surface area contributed by atoms with Gasteiger partial charge in [-0.2, -0.15) is 0 Å². The van der Waals surface area contributed by atoms with Gasteiger partial charge in [0.1, 0.15) is 24.0 Å². The number of fused-ring (bicyclic) bond motifs is 1. The van der Waals surface area contributed by atoms with Crippen LogP contribution in [0.2, 0.25) is 0 Å². The van der Waals surface area contributed by atoms with Gasteiger partial charge in [-0.1, -0.05) is 18.2 Å². The number of aromatic nitrogens is 2. The van der Waals surface area contributed by atoms with E-state index < -0.39 is 5.41 Å². The maximum absolute atomic E-state index is 13.6. The summed E-state index contributed by atoms with van der Waals surface area (Å²) < 4.78 is 8.01. The largest absolute Gasteiger partial charge is 0.486 e. The van der Waals surface area contributed by atoms with Crippen molar-refractivity contribution in [2.24, 2.45) is 12.8 Å². The Hall–Kier alpha value is -3.23. The zero-order valence-electron chi connectivity index (χ0n) is 21.7. The van der Waals surface area contributed by atoms with Crippen LogP contribution in [0.4, 0.5) is 0 Å². The van der Waals surface area contributed by atoms with Gasteiger partial charge >= 0.3 is 0 Å². The van der Waals surface area contributed by atoms with Crippen molar-refractivity contribution in [3.05, 3.63) is 59.4 Å². The van der Waals surface area contributed by atoms with E-state index in [0.29, 0.717) is 19.4 Å². The fraction of sp³-hybridized carbons (Fsp3) is 0.464. The second-order valence-electron chi connectivity index (χ2n) is 9.95. The number of nitrogens with zero attached hydrogens (tertiary/aromatic N) is 3. The Morgan fingerprint density at radius 1 is 1.17 bits per heavy atom. The number of likely N-dealkylation sites (tertiary alicyclic amines) is 1. The number of nitrogens with one attached hydrogen (secondary N) is 1. The van der Waals surface area contributed by atoms with E-state index >= 15 is 0 Å².